The first-order chi connectivity index (χ1) is 8.83. The van der Waals surface area contributed by atoms with Crippen molar-refractivity contribution in [2.75, 3.05) is 0 Å². The van der Waals surface area contributed by atoms with Gasteiger partial charge >= 0.3 is 5.97 Å². The van der Waals surface area contributed by atoms with Crippen LogP contribution in [0.2, 0.25) is 0 Å². The van der Waals surface area contributed by atoms with Crippen LogP contribution in [-0.4, -0.2) is 5.97 Å². The molecule has 18 heavy (non-hydrogen) atoms. The Hall–Kier alpha value is -0.790. The molecule has 0 radical (unpaired) electrons. The summed E-state index contributed by atoms with van der Waals surface area (Å²) in [5.41, 5.74) is 0. The van der Waals surface area contributed by atoms with E-state index in [1.54, 1.807) is 0 Å². The molecule has 1 aliphatic heterocycles. The van der Waals surface area contributed by atoms with E-state index in [4.69, 9.17) is 4.74 Å². The minimum absolute atomic E-state index is 0.0274. The zero-order chi connectivity index (χ0) is 12.4. The molecule has 0 unspecified atom stereocenters. The van der Waals surface area contributed by atoms with E-state index in [9.17, 15) is 4.79 Å². The molecule has 1 heterocycles. The summed E-state index contributed by atoms with van der Waals surface area (Å²) < 4.78 is 5.24. The van der Waals surface area contributed by atoms with E-state index in [2.05, 4.69) is 6.08 Å². The van der Waals surface area contributed by atoms with Gasteiger partial charge in [-0.15, -0.1) is 0 Å². The van der Waals surface area contributed by atoms with Crippen LogP contribution in [0.25, 0.3) is 0 Å². The molecule has 0 bridgehead atoms. The minimum atomic E-state index is 0.0274. The molecule has 0 amide bonds. The van der Waals surface area contributed by atoms with Gasteiger partial charge in [-0.3, -0.25) is 4.79 Å². The zero-order valence-electron chi connectivity index (χ0n) is 11.2. The number of esters is 1. The van der Waals surface area contributed by atoms with Crippen molar-refractivity contribution in [1.82, 2.24) is 0 Å². The van der Waals surface area contributed by atoms with Gasteiger partial charge in [-0.25, -0.2) is 0 Å². The third-order valence-electron chi connectivity index (χ3n) is 5.02. The highest BCUT2D eigenvalue weighted by molar-refractivity contribution is 5.83. The van der Waals surface area contributed by atoms with E-state index in [-0.39, 0.29) is 11.9 Å². The van der Waals surface area contributed by atoms with Crippen LogP contribution in [0.4, 0.5) is 0 Å². The maximum atomic E-state index is 11.6. The molecule has 2 nitrogen and oxygen atoms in total. The average molecular weight is 248 g/mol. The number of carbonyl (C=O) groups is 1. The Morgan fingerprint density at radius 3 is 2.22 bits per heavy atom. The van der Waals surface area contributed by atoms with Crippen LogP contribution in [0, 0.1) is 17.8 Å². The van der Waals surface area contributed by atoms with Gasteiger partial charge in [-0.05, 0) is 30.8 Å². The first-order valence-electron chi connectivity index (χ1n) is 7.74. The SMILES string of the molecule is O=C1O/C(=C\CC2CCCC2)[C@@H]1CC1CCCC1. The van der Waals surface area contributed by atoms with Crippen LogP contribution in [0.15, 0.2) is 11.8 Å². The predicted molar refractivity (Wildman–Crippen MR) is 70.8 cm³/mol. The maximum absolute atomic E-state index is 11.6. The zero-order valence-corrected chi connectivity index (χ0v) is 11.2. The number of carbonyl (C=O) groups excluding carboxylic acids is 1. The first-order valence-corrected chi connectivity index (χ1v) is 7.74. The molecule has 1 saturated heterocycles. The van der Waals surface area contributed by atoms with Gasteiger partial charge in [-0.2, -0.15) is 0 Å². The maximum Gasteiger partial charge on any atom is 0.321 e. The number of ether oxygens (including phenoxy) is 1. The quantitative estimate of drug-likeness (QED) is 0.697. The van der Waals surface area contributed by atoms with Crippen LogP contribution in [0.5, 0.6) is 0 Å². The Bertz CT molecular complexity index is 333. The van der Waals surface area contributed by atoms with Crippen molar-refractivity contribution in [3.05, 3.63) is 11.8 Å². The third-order valence-corrected chi connectivity index (χ3v) is 5.02. The summed E-state index contributed by atoms with van der Waals surface area (Å²) in [6, 6.07) is 0. The molecule has 0 N–H and O–H groups in total. The van der Waals surface area contributed by atoms with E-state index in [0.29, 0.717) is 0 Å². The van der Waals surface area contributed by atoms with Gasteiger partial charge in [-0.1, -0.05) is 51.4 Å². The summed E-state index contributed by atoms with van der Waals surface area (Å²) in [4.78, 5) is 11.6. The monoisotopic (exact) mass is 248 g/mol. The molecule has 2 saturated carbocycles. The molecule has 1 atom stereocenters. The topological polar surface area (TPSA) is 26.3 Å². The van der Waals surface area contributed by atoms with Gasteiger partial charge in [0.2, 0.25) is 0 Å². The molecule has 100 valence electrons. The van der Waals surface area contributed by atoms with E-state index >= 15 is 0 Å². The lowest BCUT2D eigenvalue weighted by Crippen LogP contribution is -2.33. The molecular weight excluding hydrogens is 224 g/mol. The molecular formula is C16H24O2. The van der Waals surface area contributed by atoms with Gasteiger partial charge in [0.05, 0.1) is 0 Å². The van der Waals surface area contributed by atoms with Crippen LogP contribution in [0.3, 0.4) is 0 Å². The van der Waals surface area contributed by atoms with Crippen LogP contribution >= 0.6 is 0 Å². The molecule has 3 fully saturated rings. The second-order valence-electron chi connectivity index (χ2n) is 6.35. The molecule has 0 spiro atoms. The number of cyclic esters (lactones) is 1. The summed E-state index contributed by atoms with van der Waals surface area (Å²) in [5, 5.41) is 0. The molecule has 2 heteroatoms. The number of hydrogen-bond acceptors (Lipinski definition) is 2. The summed E-state index contributed by atoms with van der Waals surface area (Å²) in [5.74, 6) is 2.77. The summed E-state index contributed by atoms with van der Waals surface area (Å²) >= 11 is 0. The number of rotatable bonds is 4. The van der Waals surface area contributed by atoms with Crippen molar-refractivity contribution in [2.45, 2.75) is 64.2 Å². The largest absolute Gasteiger partial charge is 0.430 e. The van der Waals surface area contributed by atoms with Crippen LogP contribution in [-0.2, 0) is 9.53 Å². The lowest BCUT2D eigenvalue weighted by molar-refractivity contribution is -0.158. The molecule has 3 aliphatic rings. The van der Waals surface area contributed by atoms with Gasteiger partial charge < -0.3 is 4.74 Å². The molecule has 2 aliphatic carbocycles. The van der Waals surface area contributed by atoms with Crippen LogP contribution < -0.4 is 0 Å². The van der Waals surface area contributed by atoms with Gasteiger partial charge in [0.1, 0.15) is 11.7 Å². The number of allylic oxidation sites excluding steroid dienone is 1. The third kappa shape index (κ3) is 2.62. The smallest absolute Gasteiger partial charge is 0.321 e. The summed E-state index contributed by atoms with van der Waals surface area (Å²) in [6.07, 6.45) is 15.3. The van der Waals surface area contributed by atoms with E-state index < -0.39 is 0 Å². The van der Waals surface area contributed by atoms with Crippen molar-refractivity contribution in [3.63, 3.8) is 0 Å². The summed E-state index contributed by atoms with van der Waals surface area (Å²) in [6.45, 7) is 0. The highest BCUT2D eigenvalue weighted by Crippen LogP contribution is 2.39. The van der Waals surface area contributed by atoms with Crippen molar-refractivity contribution >= 4 is 5.97 Å². The van der Waals surface area contributed by atoms with Gasteiger partial charge in [0.15, 0.2) is 0 Å². The second kappa shape index (κ2) is 5.46. The fourth-order valence-corrected chi connectivity index (χ4v) is 3.82. The van der Waals surface area contributed by atoms with E-state index in [1.165, 1.54) is 51.4 Å². The standard InChI is InChI=1S/C16H24O2/c17-16-14(11-13-7-3-4-8-13)15(18-16)10-9-12-5-1-2-6-12/h10,12-14H,1-9,11H2/b15-10-/t14-/m0/s1. The Kier molecular flexibility index (Phi) is 3.72. The molecule has 0 aromatic heterocycles. The highest BCUT2D eigenvalue weighted by Gasteiger charge is 2.39. The van der Waals surface area contributed by atoms with Crippen molar-refractivity contribution in [2.24, 2.45) is 17.8 Å². The van der Waals surface area contributed by atoms with Crippen LogP contribution in [0.1, 0.15) is 64.2 Å². The van der Waals surface area contributed by atoms with E-state index in [0.717, 1.165) is 30.4 Å². The van der Waals surface area contributed by atoms with Crippen molar-refractivity contribution in [3.8, 4) is 0 Å². The normalized spacial score (nSPS) is 31.9. The summed E-state index contributed by atoms with van der Waals surface area (Å²) in [7, 11) is 0. The van der Waals surface area contributed by atoms with E-state index in [1.807, 2.05) is 0 Å². The Labute approximate surface area is 110 Å². The molecule has 0 aromatic rings. The lowest BCUT2D eigenvalue weighted by Gasteiger charge is -2.30. The molecule has 0 aromatic carbocycles. The number of hydrogen-bond donors (Lipinski definition) is 0. The van der Waals surface area contributed by atoms with Crippen molar-refractivity contribution < 1.29 is 9.53 Å². The fourth-order valence-electron chi connectivity index (χ4n) is 3.82. The first kappa shape index (κ1) is 12.3. The fraction of sp³-hybridized carbons (Fsp3) is 0.812. The Morgan fingerprint density at radius 1 is 1.00 bits per heavy atom. The Morgan fingerprint density at radius 2 is 1.61 bits per heavy atom. The molecule has 3 rings (SSSR count). The average Bonchev–Trinajstić information content (AvgIpc) is 3.04. The lowest BCUT2D eigenvalue weighted by atomic mass is 9.88. The Balaban J connectivity index is 1.51. The van der Waals surface area contributed by atoms with Gasteiger partial charge in [0, 0.05) is 0 Å². The highest BCUT2D eigenvalue weighted by atomic mass is 16.6. The second-order valence-corrected chi connectivity index (χ2v) is 6.35. The van der Waals surface area contributed by atoms with Gasteiger partial charge in [0.25, 0.3) is 0 Å². The minimum Gasteiger partial charge on any atom is -0.430 e. The van der Waals surface area contributed by atoms with Crippen molar-refractivity contribution in [1.29, 1.82) is 0 Å². The predicted octanol–water partition coefficient (Wildman–Crippen LogP) is 4.20.